The molecule has 0 bridgehead atoms. The molecule has 1 aliphatic carbocycles. The predicted molar refractivity (Wildman–Crippen MR) is 95.1 cm³/mol. The van der Waals surface area contributed by atoms with Gasteiger partial charge in [-0.25, -0.2) is 0 Å². The van der Waals surface area contributed by atoms with E-state index >= 15 is 0 Å². The van der Waals surface area contributed by atoms with Crippen LogP contribution in [0.4, 0.5) is 0 Å². The van der Waals surface area contributed by atoms with E-state index < -0.39 is 0 Å². The lowest BCUT2D eigenvalue weighted by atomic mass is 10.1. The van der Waals surface area contributed by atoms with Crippen LogP contribution in [0.1, 0.15) is 49.7 Å². The zero-order chi connectivity index (χ0) is 17.4. The van der Waals surface area contributed by atoms with Crippen molar-refractivity contribution >= 4 is 11.8 Å². The number of nitrogens with one attached hydrogen (secondary N) is 1. The number of benzene rings is 1. The zero-order valence-corrected chi connectivity index (χ0v) is 14.4. The standard InChI is InChI=1S/C20H26N2O2/c1-3-14-22(15-17-10-8-16(2)9-11-17)20(24)13-12-19(23)21-18-6-4-5-7-18/h1,8-11,18H,4-7,12-15H2,2H3,(H,21,23). The van der Waals surface area contributed by atoms with Crippen LogP contribution < -0.4 is 5.32 Å². The number of hydrogen-bond acceptors (Lipinski definition) is 2. The topological polar surface area (TPSA) is 49.4 Å². The predicted octanol–water partition coefficient (Wildman–Crippen LogP) is 2.80. The number of nitrogens with zero attached hydrogens (tertiary/aromatic N) is 1. The van der Waals surface area contributed by atoms with Gasteiger partial charge in [0.05, 0.1) is 6.54 Å². The van der Waals surface area contributed by atoms with Crippen LogP contribution >= 0.6 is 0 Å². The van der Waals surface area contributed by atoms with Gasteiger partial charge in [0.15, 0.2) is 0 Å². The summed E-state index contributed by atoms with van der Waals surface area (Å²) >= 11 is 0. The summed E-state index contributed by atoms with van der Waals surface area (Å²) in [5.74, 6) is 2.42. The van der Waals surface area contributed by atoms with Crippen LogP contribution in [0.3, 0.4) is 0 Å². The highest BCUT2D eigenvalue weighted by molar-refractivity contribution is 5.84. The van der Waals surface area contributed by atoms with Crippen LogP contribution in [0.25, 0.3) is 0 Å². The Kier molecular flexibility index (Phi) is 6.87. The number of carbonyl (C=O) groups excluding carboxylic acids is 2. The molecule has 4 heteroatoms. The Morgan fingerprint density at radius 1 is 1.21 bits per heavy atom. The molecule has 1 saturated carbocycles. The summed E-state index contributed by atoms with van der Waals surface area (Å²) in [5, 5.41) is 3.01. The van der Waals surface area contributed by atoms with Gasteiger partial charge in [0, 0.05) is 25.4 Å². The minimum absolute atomic E-state index is 0.0359. The molecule has 1 aromatic carbocycles. The van der Waals surface area contributed by atoms with E-state index in [0.717, 1.165) is 18.4 Å². The Balaban J connectivity index is 1.82. The molecular formula is C20H26N2O2. The molecule has 2 rings (SSSR count). The second-order valence-corrected chi connectivity index (χ2v) is 6.49. The molecule has 128 valence electrons. The van der Waals surface area contributed by atoms with E-state index in [-0.39, 0.29) is 31.2 Å². The largest absolute Gasteiger partial charge is 0.353 e. The first-order chi connectivity index (χ1) is 11.6. The summed E-state index contributed by atoms with van der Waals surface area (Å²) in [7, 11) is 0. The monoisotopic (exact) mass is 326 g/mol. The van der Waals surface area contributed by atoms with Crippen LogP contribution in [0.2, 0.25) is 0 Å². The fourth-order valence-corrected chi connectivity index (χ4v) is 3.00. The molecule has 1 aromatic rings. The lowest BCUT2D eigenvalue weighted by Crippen LogP contribution is -2.35. The fourth-order valence-electron chi connectivity index (χ4n) is 3.00. The first kappa shape index (κ1) is 18.1. The van der Waals surface area contributed by atoms with Crippen molar-refractivity contribution in [1.82, 2.24) is 10.2 Å². The fraction of sp³-hybridized carbons (Fsp3) is 0.500. The summed E-state index contributed by atoms with van der Waals surface area (Å²) < 4.78 is 0. The third-order valence-electron chi connectivity index (χ3n) is 4.42. The van der Waals surface area contributed by atoms with Gasteiger partial charge >= 0.3 is 0 Å². The summed E-state index contributed by atoms with van der Waals surface area (Å²) in [4.78, 5) is 26.0. The van der Waals surface area contributed by atoms with Gasteiger partial charge in [0.1, 0.15) is 0 Å². The van der Waals surface area contributed by atoms with E-state index in [1.807, 2.05) is 31.2 Å². The van der Waals surface area contributed by atoms with Gasteiger partial charge in [-0.1, -0.05) is 48.6 Å². The molecule has 1 fully saturated rings. The molecule has 0 aromatic heterocycles. The van der Waals surface area contributed by atoms with E-state index in [1.165, 1.54) is 18.4 Å². The molecule has 1 N–H and O–H groups in total. The Morgan fingerprint density at radius 3 is 2.50 bits per heavy atom. The lowest BCUT2D eigenvalue weighted by molar-refractivity contribution is -0.133. The molecule has 1 aliphatic rings. The molecule has 2 amide bonds. The molecule has 4 nitrogen and oxygen atoms in total. The Labute approximate surface area is 144 Å². The van der Waals surface area contributed by atoms with Crippen molar-refractivity contribution < 1.29 is 9.59 Å². The van der Waals surface area contributed by atoms with Crippen LogP contribution in [-0.2, 0) is 16.1 Å². The maximum atomic E-state index is 12.4. The van der Waals surface area contributed by atoms with Crippen molar-refractivity contribution in [2.24, 2.45) is 0 Å². The van der Waals surface area contributed by atoms with Gasteiger partial charge in [0.25, 0.3) is 0 Å². The molecule has 0 heterocycles. The maximum absolute atomic E-state index is 12.4. The van der Waals surface area contributed by atoms with E-state index in [4.69, 9.17) is 6.42 Å². The van der Waals surface area contributed by atoms with Crippen molar-refractivity contribution in [3.05, 3.63) is 35.4 Å². The van der Waals surface area contributed by atoms with Gasteiger partial charge in [0.2, 0.25) is 11.8 Å². The number of amides is 2. The minimum Gasteiger partial charge on any atom is -0.353 e. The van der Waals surface area contributed by atoms with Crippen molar-refractivity contribution in [1.29, 1.82) is 0 Å². The number of rotatable bonds is 7. The molecule has 0 aliphatic heterocycles. The normalized spacial score (nSPS) is 14.2. The SMILES string of the molecule is C#CCN(Cc1ccc(C)cc1)C(=O)CCC(=O)NC1CCCC1. The second kappa shape index (κ2) is 9.12. The van der Waals surface area contributed by atoms with Gasteiger partial charge < -0.3 is 10.2 Å². The van der Waals surface area contributed by atoms with Crippen molar-refractivity contribution in [3.63, 3.8) is 0 Å². The Hall–Kier alpha value is -2.28. The first-order valence-corrected chi connectivity index (χ1v) is 8.64. The van der Waals surface area contributed by atoms with E-state index in [2.05, 4.69) is 11.2 Å². The van der Waals surface area contributed by atoms with Gasteiger partial charge in [-0.15, -0.1) is 6.42 Å². The number of carbonyl (C=O) groups is 2. The summed E-state index contributed by atoms with van der Waals surface area (Å²) in [6.45, 7) is 2.77. The average Bonchev–Trinajstić information content (AvgIpc) is 3.07. The van der Waals surface area contributed by atoms with Gasteiger partial charge in [-0.3, -0.25) is 9.59 Å². The van der Waals surface area contributed by atoms with Crippen LogP contribution in [-0.4, -0.2) is 29.3 Å². The summed E-state index contributed by atoms with van der Waals surface area (Å²) in [5.41, 5.74) is 2.22. The van der Waals surface area contributed by atoms with Crippen LogP contribution in [0.15, 0.2) is 24.3 Å². The lowest BCUT2D eigenvalue weighted by Gasteiger charge is -2.21. The summed E-state index contributed by atoms with van der Waals surface area (Å²) in [6, 6.07) is 8.32. The quantitative estimate of drug-likeness (QED) is 0.783. The first-order valence-electron chi connectivity index (χ1n) is 8.64. The number of hydrogen-bond donors (Lipinski definition) is 1. The van der Waals surface area contributed by atoms with E-state index in [0.29, 0.717) is 12.6 Å². The van der Waals surface area contributed by atoms with E-state index in [9.17, 15) is 9.59 Å². The molecular weight excluding hydrogens is 300 g/mol. The number of aryl methyl sites for hydroxylation is 1. The van der Waals surface area contributed by atoms with Crippen molar-refractivity contribution in [3.8, 4) is 12.3 Å². The van der Waals surface area contributed by atoms with Crippen LogP contribution in [0, 0.1) is 19.3 Å². The molecule has 0 spiro atoms. The highest BCUT2D eigenvalue weighted by Gasteiger charge is 2.19. The summed E-state index contributed by atoms with van der Waals surface area (Å²) in [6.07, 6.45) is 10.3. The third-order valence-corrected chi connectivity index (χ3v) is 4.42. The average molecular weight is 326 g/mol. The highest BCUT2D eigenvalue weighted by atomic mass is 16.2. The molecule has 0 unspecified atom stereocenters. The van der Waals surface area contributed by atoms with Crippen LogP contribution in [0.5, 0.6) is 0 Å². The van der Waals surface area contributed by atoms with Gasteiger partial charge in [-0.05, 0) is 25.3 Å². The maximum Gasteiger partial charge on any atom is 0.224 e. The third kappa shape index (κ3) is 5.73. The van der Waals surface area contributed by atoms with Gasteiger partial charge in [-0.2, -0.15) is 0 Å². The van der Waals surface area contributed by atoms with E-state index in [1.54, 1.807) is 4.90 Å². The number of terminal acetylenes is 1. The molecule has 24 heavy (non-hydrogen) atoms. The van der Waals surface area contributed by atoms with Crippen molar-refractivity contribution in [2.75, 3.05) is 6.54 Å². The van der Waals surface area contributed by atoms with Crippen molar-refractivity contribution in [2.45, 2.75) is 58.0 Å². The molecule has 0 saturated heterocycles. The zero-order valence-electron chi connectivity index (χ0n) is 14.4. The highest BCUT2D eigenvalue weighted by Crippen LogP contribution is 2.17. The molecule has 0 radical (unpaired) electrons. The Bertz CT molecular complexity index is 595. The molecule has 0 atom stereocenters. The Morgan fingerprint density at radius 2 is 1.88 bits per heavy atom. The smallest absolute Gasteiger partial charge is 0.224 e. The second-order valence-electron chi connectivity index (χ2n) is 6.49. The minimum atomic E-state index is -0.0740.